The summed E-state index contributed by atoms with van der Waals surface area (Å²) in [7, 11) is 0. The number of piperazine rings is 1. The molecule has 0 aliphatic carbocycles. The van der Waals surface area contributed by atoms with Gasteiger partial charge in [-0.2, -0.15) is 10.2 Å². The maximum absolute atomic E-state index is 14.8. The van der Waals surface area contributed by atoms with E-state index in [0.717, 1.165) is 23.3 Å². The molecule has 0 spiro atoms. The normalized spacial score (nSPS) is 13.9. The van der Waals surface area contributed by atoms with Crippen molar-refractivity contribution in [2.75, 3.05) is 31.1 Å². The summed E-state index contributed by atoms with van der Waals surface area (Å²) in [5.41, 5.74) is 2.64. The Kier molecular flexibility index (Phi) is 5.44. The molecule has 2 N–H and O–H groups in total. The Morgan fingerprint density at radius 1 is 1.05 bits per heavy atom. The molecule has 186 valence electrons. The summed E-state index contributed by atoms with van der Waals surface area (Å²) in [5, 5.41) is 11.3. The van der Waals surface area contributed by atoms with Crippen LogP contribution in [0.5, 0.6) is 0 Å². The van der Waals surface area contributed by atoms with E-state index in [2.05, 4.69) is 40.1 Å². The Bertz CT molecular complexity index is 1620. The summed E-state index contributed by atoms with van der Waals surface area (Å²) in [6, 6.07) is 5.63. The van der Waals surface area contributed by atoms with E-state index in [9.17, 15) is 14.0 Å². The van der Waals surface area contributed by atoms with Gasteiger partial charge in [0.05, 0.1) is 40.2 Å². The van der Waals surface area contributed by atoms with E-state index < -0.39 is 17.5 Å². The number of ketones is 1. The van der Waals surface area contributed by atoms with E-state index in [1.807, 2.05) is 18.2 Å². The predicted octanol–water partition coefficient (Wildman–Crippen LogP) is 1.91. The quantitative estimate of drug-likeness (QED) is 0.275. The Labute approximate surface area is 209 Å². The van der Waals surface area contributed by atoms with Crippen molar-refractivity contribution in [3.05, 3.63) is 66.5 Å². The summed E-state index contributed by atoms with van der Waals surface area (Å²) in [4.78, 5) is 45.3. The lowest BCUT2D eigenvalue weighted by Crippen LogP contribution is -2.50. The van der Waals surface area contributed by atoms with E-state index in [-0.39, 0.29) is 22.3 Å². The fourth-order valence-electron chi connectivity index (χ4n) is 4.52. The highest BCUT2D eigenvalue weighted by Gasteiger charge is 2.31. The first-order chi connectivity index (χ1) is 18.0. The lowest BCUT2D eigenvalue weighted by atomic mass is 10.1. The lowest BCUT2D eigenvalue weighted by molar-refractivity contribution is -0.126. The van der Waals surface area contributed by atoms with Gasteiger partial charge in [-0.3, -0.25) is 19.7 Å². The molecule has 0 unspecified atom stereocenters. The fourth-order valence-corrected chi connectivity index (χ4v) is 4.52. The molecule has 0 aromatic carbocycles. The Morgan fingerprint density at radius 3 is 2.62 bits per heavy atom. The SMILES string of the molecule is Cc1ncn(-c2ncc(F)c3c(C(=O)C(=O)N4CCN(c5cn[nH]c5-c5ccccn5)CC4)c[nH]c23)n1. The maximum atomic E-state index is 14.8. The number of nitrogens with one attached hydrogen (secondary N) is 2. The zero-order chi connectivity index (χ0) is 25.5. The molecule has 1 saturated heterocycles. The second-order valence-corrected chi connectivity index (χ2v) is 8.57. The van der Waals surface area contributed by atoms with Gasteiger partial charge in [0.1, 0.15) is 17.8 Å². The fraction of sp³-hybridized carbons (Fsp3) is 0.208. The highest BCUT2D eigenvalue weighted by Crippen LogP contribution is 2.29. The standard InChI is InChI=1S/C24H21FN10O2/c1-14-29-13-35(32-14)23-21-19(16(25)11-28-23)15(10-27-21)22(36)24(37)34-8-6-33(7-9-34)18-12-30-31-20(18)17-4-2-3-5-26-17/h2-5,10-13,27H,6-9H2,1H3,(H,30,31). The monoisotopic (exact) mass is 500 g/mol. The van der Waals surface area contributed by atoms with E-state index in [1.165, 1.54) is 22.1 Å². The number of aromatic nitrogens is 8. The van der Waals surface area contributed by atoms with Crippen LogP contribution in [-0.4, -0.2) is 82.7 Å². The number of halogens is 1. The Morgan fingerprint density at radius 2 is 1.89 bits per heavy atom. The van der Waals surface area contributed by atoms with Crippen LogP contribution >= 0.6 is 0 Å². The van der Waals surface area contributed by atoms with Gasteiger partial charge in [-0.05, 0) is 19.1 Å². The number of nitrogens with zero attached hydrogens (tertiary/aromatic N) is 8. The minimum absolute atomic E-state index is 0.00598. The van der Waals surface area contributed by atoms with Gasteiger partial charge in [0.15, 0.2) is 11.6 Å². The molecule has 13 heteroatoms. The molecule has 37 heavy (non-hydrogen) atoms. The largest absolute Gasteiger partial charge is 0.365 e. The van der Waals surface area contributed by atoms with Crippen LogP contribution in [-0.2, 0) is 4.79 Å². The number of carbonyl (C=O) groups is 2. The van der Waals surface area contributed by atoms with Crippen LogP contribution in [0, 0.1) is 12.7 Å². The summed E-state index contributed by atoms with van der Waals surface area (Å²) in [5.74, 6) is -1.39. The summed E-state index contributed by atoms with van der Waals surface area (Å²) < 4.78 is 16.2. The van der Waals surface area contributed by atoms with Crippen molar-refractivity contribution in [2.45, 2.75) is 6.92 Å². The zero-order valence-corrected chi connectivity index (χ0v) is 19.7. The van der Waals surface area contributed by atoms with Gasteiger partial charge < -0.3 is 14.8 Å². The van der Waals surface area contributed by atoms with Crippen LogP contribution in [0.15, 0.2) is 49.3 Å². The summed E-state index contributed by atoms with van der Waals surface area (Å²) >= 11 is 0. The first kappa shape index (κ1) is 22.5. The number of amides is 1. The molecule has 6 rings (SSSR count). The van der Waals surface area contributed by atoms with Crippen molar-refractivity contribution in [2.24, 2.45) is 0 Å². The molecule has 12 nitrogen and oxygen atoms in total. The van der Waals surface area contributed by atoms with Crippen molar-refractivity contribution < 1.29 is 14.0 Å². The summed E-state index contributed by atoms with van der Waals surface area (Å²) in [6.45, 7) is 3.37. The molecule has 0 atom stereocenters. The number of H-pyrrole nitrogens is 2. The van der Waals surface area contributed by atoms with Gasteiger partial charge in [0, 0.05) is 38.6 Å². The first-order valence-corrected chi connectivity index (χ1v) is 11.6. The lowest BCUT2D eigenvalue weighted by Gasteiger charge is -2.35. The molecule has 0 bridgehead atoms. The average Bonchev–Trinajstić information content (AvgIpc) is 3.69. The molecular weight excluding hydrogens is 479 g/mol. The number of hydrogen-bond acceptors (Lipinski definition) is 8. The highest BCUT2D eigenvalue weighted by molar-refractivity contribution is 6.45. The van der Waals surface area contributed by atoms with Gasteiger partial charge >= 0.3 is 0 Å². The second kappa shape index (κ2) is 8.93. The third-order valence-electron chi connectivity index (χ3n) is 6.35. The number of Topliss-reactive ketones (excluding diaryl/α,β-unsaturated/α-hetero) is 1. The van der Waals surface area contributed by atoms with Crippen LogP contribution in [0.25, 0.3) is 28.1 Å². The number of rotatable bonds is 5. The highest BCUT2D eigenvalue weighted by atomic mass is 19.1. The average molecular weight is 500 g/mol. The van der Waals surface area contributed by atoms with Crippen molar-refractivity contribution >= 4 is 28.3 Å². The number of pyridine rings is 2. The van der Waals surface area contributed by atoms with Crippen molar-refractivity contribution in [1.82, 2.24) is 44.8 Å². The van der Waals surface area contributed by atoms with E-state index in [0.29, 0.717) is 32.0 Å². The van der Waals surface area contributed by atoms with Gasteiger partial charge in [-0.1, -0.05) is 6.07 Å². The smallest absolute Gasteiger partial charge is 0.295 e. The first-order valence-electron chi connectivity index (χ1n) is 11.6. The topological polar surface area (TPSA) is 142 Å². The van der Waals surface area contributed by atoms with Crippen LogP contribution in [0.1, 0.15) is 16.2 Å². The van der Waals surface area contributed by atoms with Gasteiger partial charge in [0.25, 0.3) is 11.7 Å². The number of aryl methyl sites for hydroxylation is 1. The van der Waals surface area contributed by atoms with Crippen LogP contribution < -0.4 is 4.90 Å². The number of carbonyl (C=O) groups excluding carboxylic acids is 2. The second-order valence-electron chi connectivity index (χ2n) is 8.57. The van der Waals surface area contributed by atoms with E-state index >= 15 is 0 Å². The molecule has 0 radical (unpaired) electrons. The zero-order valence-electron chi connectivity index (χ0n) is 19.7. The molecular formula is C24H21FN10O2. The molecule has 1 fully saturated rings. The predicted molar refractivity (Wildman–Crippen MR) is 131 cm³/mol. The molecule has 0 saturated carbocycles. The number of hydrogen-bond donors (Lipinski definition) is 2. The molecule has 1 amide bonds. The number of anilines is 1. The third kappa shape index (κ3) is 3.90. The van der Waals surface area contributed by atoms with E-state index in [4.69, 9.17) is 0 Å². The van der Waals surface area contributed by atoms with Crippen LogP contribution in [0.3, 0.4) is 0 Å². The molecule has 1 aliphatic heterocycles. The molecule has 6 heterocycles. The molecule has 1 aliphatic rings. The number of aromatic amines is 2. The summed E-state index contributed by atoms with van der Waals surface area (Å²) in [6.07, 6.45) is 7.23. The van der Waals surface area contributed by atoms with Gasteiger partial charge in [-0.15, -0.1) is 0 Å². The van der Waals surface area contributed by atoms with Crippen molar-refractivity contribution in [3.8, 4) is 17.2 Å². The molecule has 5 aromatic rings. The van der Waals surface area contributed by atoms with Crippen LogP contribution in [0.2, 0.25) is 0 Å². The van der Waals surface area contributed by atoms with Crippen LogP contribution in [0.4, 0.5) is 10.1 Å². The van der Waals surface area contributed by atoms with Gasteiger partial charge in [-0.25, -0.2) is 19.0 Å². The van der Waals surface area contributed by atoms with Gasteiger partial charge in [0.2, 0.25) is 0 Å². The Hall–Kier alpha value is -4.94. The van der Waals surface area contributed by atoms with E-state index in [1.54, 1.807) is 19.3 Å². The third-order valence-corrected chi connectivity index (χ3v) is 6.35. The number of fused-ring (bicyclic) bond motifs is 1. The maximum Gasteiger partial charge on any atom is 0.295 e. The van der Waals surface area contributed by atoms with Crippen molar-refractivity contribution in [3.63, 3.8) is 0 Å². The minimum Gasteiger partial charge on any atom is -0.365 e. The minimum atomic E-state index is -0.789. The van der Waals surface area contributed by atoms with Crippen molar-refractivity contribution in [1.29, 1.82) is 0 Å². The Balaban J connectivity index is 1.21. The molecule has 5 aromatic heterocycles.